The van der Waals surface area contributed by atoms with Gasteiger partial charge in [0.05, 0.1) is 17.6 Å². The molecule has 1 aliphatic rings. The van der Waals surface area contributed by atoms with Crippen LogP contribution in [0.2, 0.25) is 0 Å². The maximum absolute atomic E-state index is 12.2. The molecule has 0 fully saturated rings. The van der Waals surface area contributed by atoms with E-state index in [4.69, 9.17) is 4.74 Å². The van der Waals surface area contributed by atoms with E-state index in [0.717, 1.165) is 36.3 Å². The quantitative estimate of drug-likeness (QED) is 0.833. The summed E-state index contributed by atoms with van der Waals surface area (Å²) in [6.45, 7) is 5.85. The first-order chi connectivity index (χ1) is 8.91. The Morgan fingerprint density at radius 2 is 2.00 bits per heavy atom. The van der Waals surface area contributed by atoms with Gasteiger partial charge in [0.15, 0.2) is 0 Å². The SMILES string of the molecule is COc1ccc2c(c1)CCC/C2=N\S(=O)C(C)(C)C. The van der Waals surface area contributed by atoms with Gasteiger partial charge in [-0.3, -0.25) is 0 Å². The normalized spacial score (nSPS) is 19.1. The van der Waals surface area contributed by atoms with Crippen molar-refractivity contribution in [2.24, 2.45) is 4.40 Å². The number of methoxy groups -OCH3 is 1. The van der Waals surface area contributed by atoms with Gasteiger partial charge in [-0.1, -0.05) is 0 Å². The molecule has 104 valence electrons. The Hall–Kier alpha value is -1.16. The molecule has 0 aliphatic heterocycles. The Kier molecular flexibility index (Phi) is 4.09. The number of ether oxygens (including phenoxy) is 1. The lowest BCUT2D eigenvalue weighted by Crippen LogP contribution is -2.22. The Morgan fingerprint density at radius 1 is 1.26 bits per heavy atom. The largest absolute Gasteiger partial charge is 0.497 e. The molecule has 1 aliphatic carbocycles. The molecule has 1 aromatic carbocycles. The van der Waals surface area contributed by atoms with Gasteiger partial charge in [0.25, 0.3) is 0 Å². The molecular weight excluding hydrogens is 258 g/mol. The van der Waals surface area contributed by atoms with E-state index in [-0.39, 0.29) is 4.75 Å². The summed E-state index contributed by atoms with van der Waals surface area (Å²) >= 11 is 0. The lowest BCUT2D eigenvalue weighted by Gasteiger charge is -2.20. The second-order valence-electron chi connectivity index (χ2n) is 5.78. The van der Waals surface area contributed by atoms with E-state index in [0.29, 0.717) is 0 Å². The second-order valence-corrected chi connectivity index (χ2v) is 7.68. The van der Waals surface area contributed by atoms with Gasteiger partial charge in [-0.2, -0.15) is 4.40 Å². The lowest BCUT2D eigenvalue weighted by molar-refractivity contribution is 0.414. The van der Waals surface area contributed by atoms with Crippen molar-refractivity contribution in [2.75, 3.05) is 7.11 Å². The van der Waals surface area contributed by atoms with Crippen molar-refractivity contribution in [1.29, 1.82) is 0 Å². The molecule has 1 unspecified atom stereocenters. The molecule has 1 aromatic rings. The second kappa shape index (κ2) is 5.45. The highest BCUT2D eigenvalue weighted by Gasteiger charge is 2.22. The third-order valence-corrected chi connectivity index (χ3v) is 4.63. The van der Waals surface area contributed by atoms with Crippen LogP contribution in [0, 0.1) is 0 Å². The van der Waals surface area contributed by atoms with Crippen LogP contribution in [0.15, 0.2) is 22.6 Å². The van der Waals surface area contributed by atoms with Crippen molar-refractivity contribution < 1.29 is 8.95 Å². The average molecular weight is 279 g/mol. The molecule has 0 spiro atoms. The van der Waals surface area contributed by atoms with Crippen LogP contribution in [0.5, 0.6) is 5.75 Å². The Bertz CT molecular complexity index is 529. The topological polar surface area (TPSA) is 38.7 Å². The summed E-state index contributed by atoms with van der Waals surface area (Å²) < 4.78 is 21.6. The fourth-order valence-electron chi connectivity index (χ4n) is 2.10. The molecule has 0 saturated heterocycles. The van der Waals surface area contributed by atoms with E-state index in [1.165, 1.54) is 5.56 Å². The Labute approximate surface area is 117 Å². The lowest BCUT2D eigenvalue weighted by atomic mass is 9.90. The molecule has 3 nitrogen and oxygen atoms in total. The molecule has 0 radical (unpaired) electrons. The highest BCUT2D eigenvalue weighted by Crippen LogP contribution is 2.27. The van der Waals surface area contributed by atoms with Crippen LogP contribution in [0.4, 0.5) is 0 Å². The summed E-state index contributed by atoms with van der Waals surface area (Å²) in [4.78, 5) is 0. The van der Waals surface area contributed by atoms with Gasteiger partial charge in [-0.05, 0) is 63.8 Å². The van der Waals surface area contributed by atoms with Crippen LogP contribution in [0.3, 0.4) is 0 Å². The minimum Gasteiger partial charge on any atom is -0.497 e. The van der Waals surface area contributed by atoms with Crippen LogP contribution in [0.1, 0.15) is 44.7 Å². The van der Waals surface area contributed by atoms with Gasteiger partial charge in [0.1, 0.15) is 16.7 Å². The molecule has 4 heteroatoms. The molecular formula is C15H21NO2S. The predicted molar refractivity (Wildman–Crippen MR) is 80.4 cm³/mol. The van der Waals surface area contributed by atoms with Crippen molar-refractivity contribution in [3.63, 3.8) is 0 Å². The number of hydrogen-bond donors (Lipinski definition) is 0. The molecule has 2 rings (SSSR count). The van der Waals surface area contributed by atoms with Crippen LogP contribution in [-0.4, -0.2) is 21.8 Å². The molecule has 0 N–H and O–H groups in total. The Morgan fingerprint density at radius 3 is 2.63 bits per heavy atom. The van der Waals surface area contributed by atoms with E-state index in [9.17, 15) is 4.21 Å². The number of hydrogen-bond acceptors (Lipinski definition) is 2. The first kappa shape index (κ1) is 14.3. The standard InChI is InChI=1S/C15H21NO2S/c1-15(2,3)19(17)16-14-7-5-6-11-10-12(18-4)8-9-13(11)14/h8-10H,5-7H2,1-4H3/b16-14+. The maximum Gasteiger partial charge on any atom is 0.145 e. The fourth-order valence-corrected chi connectivity index (χ4v) is 2.76. The predicted octanol–water partition coefficient (Wildman–Crippen LogP) is 3.28. The first-order valence-corrected chi connectivity index (χ1v) is 7.69. The van der Waals surface area contributed by atoms with Gasteiger partial charge in [-0.15, -0.1) is 0 Å². The van der Waals surface area contributed by atoms with Crippen LogP contribution in [0.25, 0.3) is 0 Å². The summed E-state index contributed by atoms with van der Waals surface area (Å²) in [5.41, 5.74) is 3.34. The summed E-state index contributed by atoms with van der Waals surface area (Å²) in [7, 11) is 0.482. The van der Waals surface area contributed by atoms with Crippen molar-refractivity contribution in [2.45, 2.75) is 44.8 Å². The fraction of sp³-hybridized carbons (Fsp3) is 0.533. The van der Waals surface area contributed by atoms with E-state index < -0.39 is 11.0 Å². The third-order valence-electron chi connectivity index (χ3n) is 3.20. The molecule has 0 amide bonds. The summed E-state index contributed by atoms with van der Waals surface area (Å²) in [6.07, 6.45) is 3.00. The maximum atomic E-state index is 12.2. The molecule has 19 heavy (non-hydrogen) atoms. The number of aryl methyl sites for hydroxylation is 1. The highest BCUT2D eigenvalue weighted by molar-refractivity contribution is 7.85. The zero-order valence-corrected chi connectivity index (χ0v) is 12.8. The molecule has 0 bridgehead atoms. The summed E-state index contributed by atoms with van der Waals surface area (Å²) in [5, 5.41) is 0. The summed E-state index contributed by atoms with van der Waals surface area (Å²) in [6, 6.07) is 6.04. The zero-order chi connectivity index (χ0) is 14.0. The number of rotatable bonds is 2. The van der Waals surface area contributed by atoms with Gasteiger partial charge in [0.2, 0.25) is 0 Å². The highest BCUT2D eigenvalue weighted by atomic mass is 32.2. The first-order valence-electron chi connectivity index (χ1n) is 6.58. The van der Waals surface area contributed by atoms with Crippen LogP contribution >= 0.6 is 0 Å². The van der Waals surface area contributed by atoms with Gasteiger partial charge in [0, 0.05) is 5.56 Å². The molecule has 1 atom stereocenters. The van der Waals surface area contributed by atoms with E-state index >= 15 is 0 Å². The third kappa shape index (κ3) is 3.24. The number of benzene rings is 1. The van der Waals surface area contributed by atoms with Crippen molar-refractivity contribution >= 4 is 16.7 Å². The average Bonchev–Trinajstić information content (AvgIpc) is 2.37. The number of fused-ring (bicyclic) bond motifs is 1. The van der Waals surface area contributed by atoms with Gasteiger partial charge in [-0.25, -0.2) is 4.21 Å². The van der Waals surface area contributed by atoms with Crippen molar-refractivity contribution in [1.82, 2.24) is 0 Å². The van der Waals surface area contributed by atoms with Gasteiger partial charge >= 0.3 is 0 Å². The molecule has 0 saturated carbocycles. The minimum atomic E-state index is -1.19. The van der Waals surface area contributed by atoms with Crippen LogP contribution in [-0.2, 0) is 17.4 Å². The Balaban J connectivity index is 2.38. The number of nitrogens with zero attached hydrogens (tertiary/aromatic N) is 1. The zero-order valence-electron chi connectivity index (χ0n) is 12.0. The van der Waals surface area contributed by atoms with E-state index in [1.807, 2.05) is 32.9 Å². The minimum absolute atomic E-state index is 0.308. The van der Waals surface area contributed by atoms with Crippen molar-refractivity contribution in [3.05, 3.63) is 29.3 Å². The van der Waals surface area contributed by atoms with Crippen molar-refractivity contribution in [3.8, 4) is 5.75 Å². The van der Waals surface area contributed by atoms with E-state index in [2.05, 4.69) is 10.5 Å². The molecule has 0 aromatic heterocycles. The smallest absolute Gasteiger partial charge is 0.145 e. The van der Waals surface area contributed by atoms with E-state index in [1.54, 1.807) is 7.11 Å². The van der Waals surface area contributed by atoms with Gasteiger partial charge < -0.3 is 4.74 Å². The van der Waals surface area contributed by atoms with Crippen LogP contribution < -0.4 is 4.74 Å². The monoisotopic (exact) mass is 279 g/mol. The molecule has 0 heterocycles. The summed E-state index contributed by atoms with van der Waals surface area (Å²) in [5.74, 6) is 0.872.